The summed E-state index contributed by atoms with van der Waals surface area (Å²) in [4.78, 5) is 26.8. The number of hydrogen-bond acceptors (Lipinski definition) is 5. The van der Waals surface area contributed by atoms with Crippen LogP contribution in [0.2, 0.25) is 0 Å². The molecular formula is C20H24N2O4S. The van der Waals surface area contributed by atoms with Crippen molar-refractivity contribution in [2.45, 2.75) is 38.5 Å². The number of hydrogen-bond donors (Lipinski definition) is 2. The maximum absolute atomic E-state index is 12.5. The molecule has 2 N–H and O–H groups in total. The van der Waals surface area contributed by atoms with Gasteiger partial charge in [-0.3, -0.25) is 20.4 Å². The molecule has 0 saturated heterocycles. The van der Waals surface area contributed by atoms with Gasteiger partial charge in [0.25, 0.3) is 11.8 Å². The summed E-state index contributed by atoms with van der Waals surface area (Å²) in [6.45, 7) is 0. The van der Waals surface area contributed by atoms with Crippen molar-refractivity contribution >= 4 is 23.2 Å². The molecule has 0 atom stereocenters. The highest BCUT2D eigenvalue weighted by molar-refractivity contribution is 7.14. The second kappa shape index (κ2) is 8.90. The molecule has 1 aromatic heterocycles. The van der Waals surface area contributed by atoms with Gasteiger partial charge in [0.15, 0.2) is 11.5 Å². The molecule has 1 aliphatic rings. The largest absolute Gasteiger partial charge is 0.493 e. The molecule has 0 unspecified atom stereocenters. The number of carbonyl (C=O) groups is 2. The van der Waals surface area contributed by atoms with E-state index < -0.39 is 5.91 Å². The van der Waals surface area contributed by atoms with E-state index in [2.05, 4.69) is 10.9 Å². The van der Waals surface area contributed by atoms with E-state index in [4.69, 9.17) is 9.47 Å². The zero-order valence-electron chi connectivity index (χ0n) is 15.6. The van der Waals surface area contributed by atoms with E-state index in [1.807, 2.05) is 6.07 Å². The minimum atomic E-state index is -0.464. The summed E-state index contributed by atoms with van der Waals surface area (Å²) in [5.41, 5.74) is 6.52. The number of methoxy groups -OCH3 is 2. The van der Waals surface area contributed by atoms with Crippen molar-refractivity contribution < 1.29 is 19.1 Å². The van der Waals surface area contributed by atoms with E-state index in [1.54, 1.807) is 18.2 Å². The number of hydrazine groups is 1. The van der Waals surface area contributed by atoms with E-state index in [0.29, 0.717) is 16.4 Å². The van der Waals surface area contributed by atoms with Gasteiger partial charge in [0.05, 0.1) is 24.7 Å². The molecule has 0 saturated carbocycles. The predicted octanol–water partition coefficient (Wildman–Crippen LogP) is 3.50. The minimum absolute atomic E-state index is 0.288. The summed E-state index contributed by atoms with van der Waals surface area (Å²) in [5.74, 6) is 0.0105. The third-order valence-electron chi connectivity index (χ3n) is 4.66. The number of benzene rings is 1. The predicted molar refractivity (Wildman–Crippen MR) is 105 cm³/mol. The van der Waals surface area contributed by atoms with Crippen LogP contribution in [0, 0.1) is 0 Å². The van der Waals surface area contributed by atoms with Crippen LogP contribution in [-0.2, 0) is 12.8 Å². The monoisotopic (exact) mass is 388 g/mol. The van der Waals surface area contributed by atoms with Gasteiger partial charge in [0.1, 0.15) is 0 Å². The van der Waals surface area contributed by atoms with Gasteiger partial charge >= 0.3 is 0 Å². The molecule has 7 heteroatoms. The summed E-state index contributed by atoms with van der Waals surface area (Å²) in [7, 11) is 2.97. The molecule has 2 aromatic rings. The van der Waals surface area contributed by atoms with Crippen molar-refractivity contribution in [1.29, 1.82) is 0 Å². The Kier molecular flexibility index (Phi) is 6.34. The quantitative estimate of drug-likeness (QED) is 0.786. The lowest BCUT2D eigenvalue weighted by atomic mass is 10.00. The first-order valence-corrected chi connectivity index (χ1v) is 9.89. The second-order valence-electron chi connectivity index (χ2n) is 6.42. The van der Waals surface area contributed by atoms with E-state index in [0.717, 1.165) is 19.3 Å². The van der Waals surface area contributed by atoms with Crippen LogP contribution in [0.15, 0.2) is 24.3 Å². The first-order chi connectivity index (χ1) is 13.1. The van der Waals surface area contributed by atoms with Crippen molar-refractivity contribution in [2.24, 2.45) is 0 Å². The number of nitrogens with one attached hydrogen (secondary N) is 2. The van der Waals surface area contributed by atoms with Gasteiger partial charge < -0.3 is 9.47 Å². The lowest BCUT2D eigenvalue weighted by molar-refractivity contribution is 0.0846. The number of fused-ring (bicyclic) bond motifs is 1. The van der Waals surface area contributed by atoms with Crippen molar-refractivity contribution in [3.8, 4) is 11.5 Å². The summed E-state index contributed by atoms with van der Waals surface area (Å²) >= 11 is 1.52. The van der Waals surface area contributed by atoms with E-state index in [9.17, 15) is 9.59 Å². The normalized spacial score (nSPS) is 13.7. The first-order valence-electron chi connectivity index (χ1n) is 9.07. The topological polar surface area (TPSA) is 76.7 Å². The molecule has 144 valence electrons. The highest BCUT2D eigenvalue weighted by Gasteiger charge is 2.19. The van der Waals surface area contributed by atoms with Crippen molar-refractivity contribution in [1.82, 2.24) is 10.9 Å². The molecule has 1 aliphatic carbocycles. The number of ether oxygens (including phenoxy) is 2. The van der Waals surface area contributed by atoms with E-state index >= 15 is 0 Å². The fourth-order valence-electron chi connectivity index (χ4n) is 3.26. The molecule has 0 fully saturated rings. The van der Waals surface area contributed by atoms with Crippen LogP contribution < -0.4 is 20.3 Å². The lowest BCUT2D eigenvalue weighted by Crippen LogP contribution is -2.41. The zero-order chi connectivity index (χ0) is 19.2. The molecule has 3 rings (SSSR count). The molecule has 6 nitrogen and oxygen atoms in total. The number of aryl methyl sites for hydroxylation is 2. The highest BCUT2D eigenvalue weighted by Crippen LogP contribution is 2.31. The fourth-order valence-corrected chi connectivity index (χ4v) is 4.41. The van der Waals surface area contributed by atoms with Crippen LogP contribution in [0.3, 0.4) is 0 Å². The van der Waals surface area contributed by atoms with Crippen LogP contribution in [0.4, 0.5) is 0 Å². The minimum Gasteiger partial charge on any atom is -0.493 e. The summed E-state index contributed by atoms with van der Waals surface area (Å²) in [6.07, 6.45) is 6.87. The number of rotatable bonds is 4. The summed E-state index contributed by atoms with van der Waals surface area (Å²) in [5, 5.41) is 0. The van der Waals surface area contributed by atoms with Crippen molar-refractivity contribution in [3.05, 3.63) is 45.1 Å². The average Bonchev–Trinajstić information content (AvgIpc) is 3.07. The standard InChI is InChI=1S/C20H24N2O4S/c1-25-15-10-7-9-14(18(15)26-2)19(23)21-22-20(24)17-12-13-8-5-3-4-6-11-16(13)27-17/h7,9-10,12H,3-6,8,11H2,1-2H3,(H,21,23)(H,22,24). The Morgan fingerprint density at radius 1 is 0.963 bits per heavy atom. The number of carbonyl (C=O) groups excluding carboxylic acids is 2. The molecule has 0 radical (unpaired) electrons. The average molecular weight is 388 g/mol. The highest BCUT2D eigenvalue weighted by atomic mass is 32.1. The van der Waals surface area contributed by atoms with Gasteiger partial charge in [-0.15, -0.1) is 11.3 Å². The number of amides is 2. The van der Waals surface area contributed by atoms with Gasteiger partial charge in [-0.05, 0) is 49.4 Å². The lowest BCUT2D eigenvalue weighted by Gasteiger charge is -2.12. The molecule has 1 aromatic carbocycles. The fraction of sp³-hybridized carbons (Fsp3) is 0.400. The third-order valence-corrected chi connectivity index (χ3v) is 5.89. The Balaban J connectivity index is 1.67. The van der Waals surface area contributed by atoms with Crippen LogP contribution in [0.1, 0.15) is 56.2 Å². The van der Waals surface area contributed by atoms with Crippen molar-refractivity contribution in [2.75, 3.05) is 14.2 Å². The Morgan fingerprint density at radius 2 is 1.70 bits per heavy atom. The van der Waals surface area contributed by atoms with Crippen LogP contribution in [0.25, 0.3) is 0 Å². The smallest absolute Gasteiger partial charge is 0.279 e. The Hall–Kier alpha value is -2.54. The Labute approximate surface area is 162 Å². The Morgan fingerprint density at radius 3 is 2.44 bits per heavy atom. The first kappa shape index (κ1) is 19.2. The molecule has 0 aliphatic heterocycles. The Bertz CT molecular complexity index is 806. The maximum atomic E-state index is 12.5. The van der Waals surface area contributed by atoms with Gasteiger partial charge in [0, 0.05) is 4.88 Å². The van der Waals surface area contributed by atoms with Gasteiger partial charge in [0.2, 0.25) is 0 Å². The number of thiophene rings is 1. The molecule has 27 heavy (non-hydrogen) atoms. The van der Waals surface area contributed by atoms with E-state index in [-0.39, 0.29) is 11.5 Å². The zero-order valence-corrected chi connectivity index (χ0v) is 16.4. The summed E-state index contributed by atoms with van der Waals surface area (Å²) in [6, 6.07) is 6.96. The molecular weight excluding hydrogens is 364 g/mol. The van der Waals surface area contributed by atoms with Crippen molar-refractivity contribution in [3.63, 3.8) is 0 Å². The molecule has 0 spiro atoms. The van der Waals surface area contributed by atoms with Gasteiger partial charge in [-0.1, -0.05) is 18.9 Å². The third kappa shape index (κ3) is 4.42. The second-order valence-corrected chi connectivity index (χ2v) is 7.56. The van der Waals surface area contributed by atoms with E-state index in [1.165, 1.54) is 55.3 Å². The van der Waals surface area contributed by atoms with Crippen LogP contribution >= 0.6 is 11.3 Å². The molecule has 2 amide bonds. The molecule has 0 bridgehead atoms. The maximum Gasteiger partial charge on any atom is 0.279 e. The SMILES string of the molecule is COc1cccc(C(=O)NNC(=O)c2cc3c(s2)CCCCCC3)c1OC. The molecule has 1 heterocycles. The van der Waals surface area contributed by atoms with Gasteiger partial charge in [-0.2, -0.15) is 0 Å². The van der Waals surface area contributed by atoms with Crippen LogP contribution in [0.5, 0.6) is 11.5 Å². The van der Waals surface area contributed by atoms with Gasteiger partial charge in [-0.25, -0.2) is 0 Å². The number of para-hydroxylation sites is 1. The summed E-state index contributed by atoms with van der Waals surface area (Å²) < 4.78 is 10.5. The van der Waals surface area contributed by atoms with Crippen LogP contribution in [-0.4, -0.2) is 26.0 Å².